The minimum atomic E-state index is -0.306. The van der Waals surface area contributed by atoms with Gasteiger partial charge in [0.15, 0.2) is 0 Å². The van der Waals surface area contributed by atoms with Crippen LogP contribution in [0.15, 0.2) is 29.3 Å². The predicted molar refractivity (Wildman–Crippen MR) is 76.9 cm³/mol. The number of amides is 1. The van der Waals surface area contributed by atoms with Crippen LogP contribution < -0.4 is 5.32 Å². The lowest BCUT2D eigenvalue weighted by molar-refractivity contribution is -0.115. The fourth-order valence-electron chi connectivity index (χ4n) is 1.39. The van der Waals surface area contributed by atoms with E-state index in [0.29, 0.717) is 12.1 Å². The second-order valence-corrected chi connectivity index (χ2v) is 6.08. The van der Waals surface area contributed by atoms with Crippen LogP contribution in [0.25, 0.3) is 0 Å². The van der Waals surface area contributed by atoms with E-state index in [1.165, 1.54) is 12.1 Å². The van der Waals surface area contributed by atoms with E-state index in [-0.39, 0.29) is 11.7 Å². The predicted octanol–water partition coefficient (Wildman–Crippen LogP) is 2.99. The number of benzene rings is 1. The van der Waals surface area contributed by atoms with Crippen LogP contribution in [-0.2, 0) is 4.79 Å². The first-order chi connectivity index (χ1) is 8.74. The number of carbonyl (C=O) groups excluding carboxylic acids is 1. The monoisotopic (exact) mass is 284 g/mol. The molecule has 0 radical (unpaired) electrons. The van der Waals surface area contributed by atoms with Gasteiger partial charge in [-0.2, -0.15) is 0 Å². The second kappa shape index (κ2) is 6.80. The van der Waals surface area contributed by atoms with Crippen molar-refractivity contribution in [1.29, 1.82) is 0 Å². The van der Waals surface area contributed by atoms with Gasteiger partial charge < -0.3 is 5.32 Å². The fraction of sp³-hybridized carbons (Fsp3) is 0.333. The zero-order valence-electron chi connectivity index (χ0n) is 9.69. The summed E-state index contributed by atoms with van der Waals surface area (Å²) < 4.78 is 13.7. The molecule has 1 aliphatic heterocycles. The number of halogens is 1. The summed E-state index contributed by atoms with van der Waals surface area (Å²) in [5.74, 6) is 1.40. The highest BCUT2D eigenvalue weighted by atomic mass is 32.2. The summed E-state index contributed by atoms with van der Waals surface area (Å²) in [7, 11) is 0. The summed E-state index contributed by atoms with van der Waals surface area (Å²) in [5.41, 5.74) is 0.624. The molecule has 0 aromatic heterocycles. The topological polar surface area (TPSA) is 41.5 Å². The number of anilines is 1. The van der Waals surface area contributed by atoms with Gasteiger partial charge in [-0.1, -0.05) is 23.5 Å². The third kappa shape index (κ3) is 4.34. The SMILES string of the molecule is O=C(CCSC1=NCCS1)Nc1ccc(F)cc1. The lowest BCUT2D eigenvalue weighted by Crippen LogP contribution is -2.12. The highest BCUT2D eigenvalue weighted by Gasteiger charge is 2.09. The van der Waals surface area contributed by atoms with Crippen LogP contribution in [0, 0.1) is 5.82 Å². The van der Waals surface area contributed by atoms with E-state index >= 15 is 0 Å². The number of carbonyl (C=O) groups is 1. The van der Waals surface area contributed by atoms with Crippen LogP contribution in [0.1, 0.15) is 6.42 Å². The molecule has 1 aliphatic rings. The molecule has 0 saturated carbocycles. The molecule has 6 heteroatoms. The van der Waals surface area contributed by atoms with Crippen molar-refractivity contribution in [2.75, 3.05) is 23.4 Å². The number of nitrogens with one attached hydrogen (secondary N) is 1. The van der Waals surface area contributed by atoms with Crippen molar-refractivity contribution in [1.82, 2.24) is 0 Å². The molecule has 3 nitrogen and oxygen atoms in total. The molecule has 0 bridgehead atoms. The van der Waals surface area contributed by atoms with Crippen molar-refractivity contribution >= 4 is 39.5 Å². The molecule has 0 spiro atoms. The van der Waals surface area contributed by atoms with Crippen LogP contribution in [0.3, 0.4) is 0 Å². The Morgan fingerprint density at radius 1 is 1.44 bits per heavy atom. The Bertz CT molecular complexity index is 448. The summed E-state index contributed by atoms with van der Waals surface area (Å²) in [6.07, 6.45) is 0.432. The minimum absolute atomic E-state index is 0.0577. The Balaban J connectivity index is 1.70. The minimum Gasteiger partial charge on any atom is -0.326 e. The van der Waals surface area contributed by atoms with E-state index in [9.17, 15) is 9.18 Å². The Hall–Kier alpha value is -1.01. The van der Waals surface area contributed by atoms with Crippen molar-refractivity contribution in [3.8, 4) is 0 Å². The molecular weight excluding hydrogens is 271 g/mol. The van der Waals surface area contributed by atoms with E-state index in [1.807, 2.05) is 0 Å². The quantitative estimate of drug-likeness (QED) is 0.924. The standard InChI is InChI=1S/C12H13FN2OS2/c13-9-1-3-10(4-2-9)15-11(16)5-7-17-12-14-6-8-18-12/h1-4H,5-8H2,(H,15,16). The molecule has 1 heterocycles. The molecule has 0 atom stereocenters. The summed E-state index contributed by atoms with van der Waals surface area (Å²) in [6.45, 7) is 0.884. The van der Waals surface area contributed by atoms with Gasteiger partial charge in [-0.25, -0.2) is 4.39 Å². The molecular formula is C12H13FN2OS2. The zero-order chi connectivity index (χ0) is 12.8. The van der Waals surface area contributed by atoms with Crippen LogP contribution in [0.2, 0.25) is 0 Å². The van der Waals surface area contributed by atoms with Gasteiger partial charge in [-0.15, -0.1) is 0 Å². The average Bonchev–Trinajstić information content (AvgIpc) is 2.85. The van der Waals surface area contributed by atoms with E-state index in [2.05, 4.69) is 10.3 Å². The molecule has 0 aliphatic carbocycles. The molecule has 0 fully saturated rings. The van der Waals surface area contributed by atoms with Gasteiger partial charge in [0.05, 0.1) is 6.54 Å². The van der Waals surface area contributed by atoms with Gasteiger partial charge in [-0.3, -0.25) is 9.79 Å². The van der Waals surface area contributed by atoms with Crippen LogP contribution in [0.5, 0.6) is 0 Å². The molecule has 1 aromatic carbocycles. The number of rotatable bonds is 4. The first kappa shape index (κ1) is 13.4. The molecule has 0 unspecified atom stereocenters. The van der Waals surface area contributed by atoms with Gasteiger partial charge in [0.2, 0.25) is 5.91 Å². The Kier molecular flexibility index (Phi) is 5.07. The van der Waals surface area contributed by atoms with Crippen LogP contribution >= 0.6 is 23.5 Å². The summed E-state index contributed by atoms with van der Waals surface area (Å²) in [4.78, 5) is 15.9. The van der Waals surface area contributed by atoms with Gasteiger partial charge in [0.25, 0.3) is 0 Å². The van der Waals surface area contributed by atoms with Crippen molar-refractivity contribution < 1.29 is 9.18 Å². The average molecular weight is 284 g/mol. The van der Waals surface area contributed by atoms with E-state index < -0.39 is 0 Å². The molecule has 1 aromatic rings. The van der Waals surface area contributed by atoms with Crippen molar-refractivity contribution in [3.05, 3.63) is 30.1 Å². The lowest BCUT2D eigenvalue weighted by atomic mass is 10.3. The number of hydrogen-bond donors (Lipinski definition) is 1. The van der Waals surface area contributed by atoms with Crippen LogP contribution in [-0.4, -0.2) is 28.3 Å². The first-order valence-corrected chi connectivity index (χ1v) is 7.56. The second-order valence-electron chi connectivity index (χ2n) is 3.65. The van der Waals surface area contributed by atoms with Crippen LogP contribution in [0.4, 0.5) is 10.1 Å². The maximum Gasteiger partial charge on any atom is 0.225 e. The van der Waals surface area contributed by atoms with Gasteiger partial charge in [-0.05, 0) is 24.3 Å². The lowest BCUT2D eigenvalue weighted by Gasteiger charge is -2.04. The number of nitrogens with zero attached hydrogens (tertiary/aromatic N) is 1. The highest BCUT2D eigenvalue weighted by Crippen LogP contribution is 2.22. The van der Waals surface area contributed by atoms with Gasteiger partial charge in [0.1, 0.15) is 10.2 Å². The summed E-state index contributed by atoms with van der Waals surface area (Å²) >= 11 is 3.36. The number of hydrogen-bond acceptors (Lipinski definition) is 4. The molecule has 18 heavy (non-hydrogen) atoms. The Morgan fingerprint density at radius 3 is 2.89 bits per heavy atom. The van der Waals surface area contributed by atoms with Crippen molar-refractivity contribution in [2.24, 2.45) is 4.99 Å². The third-order valence-electron chi connectivity index (χ3n) is 2.24. The smallest absolute Gasteiger partial charge is 0.225 e. The van der Waals surface area contributed by atoms with Crippen molar-refractivity contribution in [3.63, 3.8) is 0 Å². The van der Waals surface area contributed by atoms with Gasteiger partial charge in [0, 0.05) is 23.6 Å². The molecule has 2 rings (SSSR count). The summed E-state index contributed by atoms with van der Waals surface area (Å²) in [5, 5.41) is 2.73. The zero-order valence-corrected chi connectivity index (χ0v) is 11.3. The fourth-order valence-corrected chi connectivity index (χ4v) is 3.41. The summed E-state index contributed by atoms with van der Waals surface area (Å²) in [6, 6.07) is 5.76. The molecule has 0 saturated heterocycles. The maximum absolute atomic E-state index is 12.7. The van der Waals surface area contributed by atoms with Gasteiger partial charge >= 0.3 is 0 Å². The van der Waals surface area contributed by atoms with E-state index in [4.69, 9.17) is 0 Å². The highest BCUT2D eigenvalue weighted by molar-refractivity contribution is 8.39. The maximum atomic E-state index is 12.7. The third-order valence-corrected chi connectivity index (χ3v) is 4.49. The molecule has 96 valence electrons. The number of thioether (sulfide) groups is 2. The number of aliphatic imine (C=N–C) groups is 1. The Labute approximate surface area is 114 Å². The first-order valence-electron chi connectivity index (χ1n) is 5.59. The normalized spacial score (nSPS) is 14.4. The van der Waals surface area contributed by atoms with E-state index in [0.717, 1.165) is 22.4 Å². The largest absolute Gasteiger partial charge is 0.326 e. The Morgan fingerprint density at radius 2 is 2.22 bits per heavy atom. The van der Waals surface area contributed by atoms with E-state index in [1.54, 1.807) is 35.7 Å². The molecule has 1 N–H and O–H groups in total. The van der Waals surface area contributed by atoms with Crippen molar-refractivity contribution in [2.45, 2.75) is 6.42 Å². The molecule has 1 amide bonds.